The number of carbonyl (C=O) groups is 2. The molecule has 14 heteroatoms. The van der Waals surface area contributed by atoms with Crippen LogP contribution in [0.3, 0.4) is 0 Å². The molecule has 2 aliphatic rings. The fourth-order valence-electron chi connectivity index (χ4n) is 7.11. The van der Waals surface area contributed by atoms with Crippen LogP contribution in [0.2, 0.25) is 51.4 Å². The van der Waals surface area contributed by atoms with E-state index in [0.717, 1.165) is 72.3 Å². The Morgan fingerprint density at radius 1 is 0.963 bits per heavy atom. The van der Waals surface area contributed by atoms with Crippen molar-refractivity contribution in [2.24, 2.45) is 0 Å². The molecule has 2 bridgehead atoms. The van der Waals surface area contributed by atoms with Crippen LogP contribution in [0.25, 0.3) is 22.9 Å². The Morgan fingerprint density at radius 2 is 1.59 bits per heavy atom. The summed E-state index contributed by atoms with van der Waals surface area (Å²) in [7, 11) is -2.67. The number of aromatic nitrogens is 4. The summed E-state index contributed by atoms with van der Waals surface area (Å²) in [5.41, 5.74) is 3.88. The zero-order chi connectivity index (χ0) is 39.3. The molecular formula is C40H62N6O6Si2. The van der Waals surface area contributed by atoms with E-state index in [0.29, 0.717) is 44.6 Å². The van der Waals surface area contributed by atoms with Gasteiger partial charge in [-0.1, -0.05) is 45.3 Å². The predicted molar refractivity (Wildman–Crippen MR) is 220 cm³/mol. The van der Waals surface area contributed by atoms with Crippen LogP contribution in [0.1, 0.15) is 81.0 Å². The minimum Gasteiger partial charge on any atom is -0.501 e. The summed E-state index contributed by atoms with van der Waals surface area (Å²) in [6.45, 7) is 24.3. The van der Waals surface area contributed by atoms with Crippen LogP contribution in [-0.4, -0.2) is 104 Å². The zero-order valence-electron chi connectivity index (χ0n) is 34.2. The molecule has 0 saturated carbocycles. The van der Waals surface area contributed by atoms with Crippen LogP contribution in [0.15, 0.2) is 30.8 Å². The molecule has 0 aromatic carbocycles. The number of rotatable bonds is 17. The summed E-state index contributed by atoms with van der Waals surface area (Å²) in [6, 6.07) is 5.77. The molecule has 3 aromatic heterocycles. The molecule has 0 aliphatic carbocycles. The highest BCUT2D eigenvalue weighted by Gasteiger charge is 2.46. The number of carbonyl (C=O) groups excluding carboxylic acids is 2. The van der Waals surface area contributed by atoms with Crippen LogP contribution in [0, 0.1) is 0 Å². The molecule has 54 heavy (non-hydrogen) atoms. The minimum atomic E-state index is -1.33. The number of aldehydes is 1. The molecule has 0 spiro atoms. The van der Waals surface area contributed by atoms with Crippen molar-refractivity contribution < 1.29 is 28.5 Å². The van der Waals surface area contributed by atoms with Gasteiger partial charge in [0.25, 0.3) is 0 Å². The topological polar surface area (TPSA) is 121 Å². The lowest BCUT2D eigenvalue weighted by Gasteiger charge is -2.40. The van der Waals surface area contributed by atoms with E-state index in [1.807, 2.05) is 55.4 Å². The van der Waals surface area contributed by atoms with E-state index >= 15 is 0 Å². The Morgan fingerprint density at radius 3 is 2.11 bits per heavy atom. The van der Waals surface area contributed by atoms with Crippen molar-refractivity contribution in [3.05, 3.63) is 47.7 Å². The highest BCUT2D eigenvalue weighted by atomic mass is 28.3. The number of nitrogens with zero attached hydrogens (tertiary/aromatic N) is 6. The Hall–Kier alpha value is -3.60. The summed E-state index contributed by atoms with van der Waals surface area (Å²) < 4.78 is 26.5. The smallest absolute Gasteiger partial charge is 0.410 e. The van der Waals surface area contributed by atoms with Gasteiger partial charge in [-0.25, -0.2) is 9.78 Å². The highest BCUT2D eigenvalue weighted by Crippen LogP contribution is 2.46. The van der Waals surface area contributed by atoms with Crippen molar-refractivity contribution in [3.8, 4) is 11.1 Å². The number of pyridine rings is 1. The first kappa shape index (κ1) is 41.6. The van der Waals surface area contributed by atoms with E-state index in [9.17, 15) is 9.59 Å². The third-order valence-electron chi connectivity index (χ3n) is 9.91. The third-order valence-corrected chi connectivity index (χ3v) is 13.3. The van der Waals surface area contributed by atoms with Gasteiger partial charge in [-0.05, 0) is 77.6 Å². The molecule has 5 heterocycles. The maximum absolute atomic E-state index is 13.5. The van der Waals surface area contributed by atoms with Gasteiger partial charge in [-0.3, -0.25) is 9.78 Å². The largest absolute Gasteiger partial charge is 0.501 e. The first-order valence-corrected chi connectivity index (χ1v) is 26.9. The van der Waals surface area contributed by atoms with Gasteiger partial charge in [0.05, 0.1) is 24.8 Å². The minimum absolute atomic E-state index is 0.0455. The molecule has 2 saturated heterocycles. The summed E-state index contributed by atoms with van der Waals surface area (Å²) >= 11 is 0. The summed E-state index contributed by atoms with van der Waals surface area (Å²) in [5, 5.41) is 4.95. The van der Waals surface area contributed by atoms with Crippen molar-refractivity contribution in [1.82, 2.24) is 24.5 Å². The zero-order valence-corrected chi connectivity index (χ0v) is 36.2. The fraction of sp³-hybridized carbons (Fsp3) is 0.625. The normalized spacial score (nSPS) is 19.1. The summed E-state index contributed by atoms with van der Waals surface area (Å²) in [4.78, 5) is 38.8. The predicted octanol–water partition coefficient (Wildman–Crippen LogP) is 8.69. The summed E-state index contributed by atoms with van der Waals surface area (Å²) in [5.74, 6) is 0.851. The fourth-order valence-corrected chi connectivity index (χ4v) is 8.63. The van der Waals surface area contributed by atoms with Gasteiger partial charge in [0, 0.05) is 70.3 Å². The van der Waals surface area contributed by atoms with Crippen molar-refractivity contribution in [3.63, 3.8) is 0 Å². The third kappa shape index (κ3) is 10.8. The Kier molecular flexibility index (Phi) is 13.4. The molecule has 3 atom stereocenters. The SMILES string of the molecule is CCOC=Cc1c(C2C[C@H]3CC[C@@H](C2)N3C(=O)OC(C)(C)C)nc2c(-c3ccc(C=O)nc3)cnn2c1N(COCC[Si](C)(C)C)COCC[Si](C)(C)C. The van der Waals surface area contributed by atoms with Crippen molar-refractivity contribution in [2.45, 2.75) is 128 Å². The summed E-state index contributed by atoms with van der Waals surface area (Å²) in [6.07, 6.45) is 11.1. The van der Waals surface area contributed by atoms with E-state index in [-0.39, 0.29) is 24.1 Å². The number of hydrogen-bond acceptors (Lipinski definition) is 10. The van der Waals surface area contributed by atoms with Crippen LogP contribution in [-0.2, 0) is 18.9 Å². The number of hydrogen-bond donors (Lipinski definition) is 0. The molecule has 12 nitrogen and oxygen atoms in total. The van der Waals surface area contributed by atoms with Crippen LogP contribution >= 0.6 is 0 Å². The van der Waals surface area contributed by atoms with Crippen molar-refractivity contribution >= 4 is 46.1 Å². The number of anilines is 1. The van der Waals surface area contributed by atoms with Gasteiger partial charge >= 0.3 is 6.09 Å². The van der Waals surface area contributed by atoms with Gasteiger partial charge in [0.15, 0.2) is 11.9 Å². The van der Waals surface area contributed by atoms with Gasteiger partial charge in [0.1, 0.15) is 30.6 Å². The quantitative estimate of drug-likeness (QED) is 0.0433. The maximum Gasteiger partial charge on any atom is 0.410 e. The van der Waals surface area contributed by atoms with Crippen LogP contribution < -0.4 is 4.90 Å². The van der Waals surface area contributed by atoms with E-state index < -0.39 is 21.7 Å². The number of piperidine rings is 1. The van der Waals surface area contributed by atoms with Crippen LogP contribution in [0.4, 0.5) is 10.6 Å². The Bertz CT molecular complexity index is 1730. The van der Waals surface area contributed by atoms with E-state index in [4.69, 9.17) is 29.0 Å². The monoisotopic (exact) mass is 778 g/mol. The highest BCUT2D eigenvalue weighted by molar-refractivity contribution is 6.76. The van der Waals surface area contributed by atoms with E-state index in [2.05, 4.69) is 49.2 Å². The molecule has 1 unspecified atom stereocenters. The van der Waals surface area contributed by atoms with Gasteiger partial charge in [0.2, 0.25) is 0 Å². The molecule has 296 valence electrons. The second-order valence-electron chi connectivity index (χ2n) is 18.1. The Balaban J connectivity index is 1.65. The second kappa shape index (κ2) is 17.5. The molecule has 5 rings (SSSR count). The number of amides is 1. The van der Waals surface area contributed by atoms with Gasteiger partial charge < -0.3 is 28.7 Å². The lowest BCUT2D eigenvalue weighted by atomic mass is 9.86. The standard InChI is InChI=1S/C40H62N6O6Si2/c1-11-49-17-16-34-36(30-22-32-14-15-33(23-30)45(32)39(48)52-40(2,3)4)43-37-35(29-12-13-31(26-47)41-24-29)25-42-46(37)38(34)44(27-50-18-20-53(5,6)7)28-51-19-21-54(8,9)10/h12-13,16-17,24-26,30,32-33H,11,14-15,18-23,27-28H2,1-10H3/t30?,32-,33+. The van der Waals surface area contributed by atoms with Gasteiger partial charge in [-0.2, -0.15) is 9.61 Å². The lowest BCUT2D eigenvalue weighted by Crippen LogP contribution is -2.48. The molecule has 1 amide bonds. The van der Waals surface area contributed by atoms with Crippen LogP contribution in [0.5, 0.6) is 0 Å². The molecular weight excluding hydrogens is 717 g/mol. The maximum atomic E-state index is 13.5. The number of ether oxygens (including phenoxy) is 4. The first-order valence-electron chi connectivity index (χ1n) is 19.5. The first-order chi connectivity index (χ1) is 25.5. The molecule has 0 radical (unpaired) electrons. The molecule has 2 fully saturated rings. The molecule has 3 aromatic rings. The van der Waals surface area contributed by atoms with Gasteiger partial charge in [-0.15, -0.1) is 0 Å². The van der Waals surface area contributed by atoms with E-state index in [1.165, 1.54) is 0 Å². The lowest BCUT2D eigenvalue weighted by molar-refractivity contribution is 0.00567. The Labute approximate surface area is 323 Å². The average Bonchev–Trinajstić information content (AvgIpc) is 3.63. The second-order valence-corrected chi connectivity index (χ2v) is 29.3. The molecule has 0 N–H and O–H groups in total. The van der Waals surface area contributed by atoms with Crippen molar-refractivity contribution in [1.29, 1.82) is 0 Å². The molecule has 2 aliphatic heterocycles. The van der Waals surface area contributed by atoms with Crippen molar-refractivity contribution in [2.75, 3.05) is 38.2 Å². The average molecular weight is 779 g/mol. The number of fused-ring (bicyclic) bond motifs is 3. The van der Waals surface area contributed by atoms with E-state index in [1.54, 1.807) is 18.5 Å².